The molecule has 0 aliphatic carbocycles. The largest absolute Gasteiger partial charge is 0.490 e. The molecular formula is C17H26N2O2. The summed E-state index contributed by atoms with van der Waals surface area (Å²) in [6.45, 7) is 10.1. The van der Waals surface area contributed by atoms with E-state index in [0.717, 1.165) is 30.6 Å². The lowest BCUT2D eigenvalue weighted by Crippen LogP contribution is -2.50. The van der Waals surface area contributed by atoms with Crippen LogP contribution < -0.4 is 14.4 Å². The van der Waals surface area contributed by atoms with Gasteiger partial charge in [-0.2, -0.15) is 0 Å². The quantitative estimate of drug-likeness (QED) is 0.832. The second kappa shape index (κ2) is 6.56. The van der Waals surface area contributed by atoms with E-state index in [9.17, 15) is 0 Å². The van der Waals surface area contributed by atoms with E-state index in [4.69, 9.17) is 9.47 Å². The Kier molecular flexibility index (Phi) is 4.54. The molecule has 1 aromatic rings. The summed E-state index contributed by atoms with van der Waals surface area (Å²) in [5, 5.41) is 0. The zero-order chi connectivity index (χ0) is 14.7. The Hall–Kier alpha value is -1.42. The summed E-state index contributed by atoms with van der Waals surface area (Å²) in [6.07, 6.45) is 2.69. The molecule has 0 radical (unpaired) electrons. The van der Waals surface area contributed by atoms with Crippen molar-refractivity contribution in [3.8, 4) is 11.5 Å². The maximum Gasteiger partial charge on any atom is 0.163 e. The first kappa shape index (κ1) is 14.5. The molecule has 2 saturated heterocycles. The molecule has 2 fully saturated rings. The van der Waals surface area contributed by atoms with Gasteiger partial charge in [0.05, 0.1) is 13.2 Å². The standard InChI is InChI=1S/C17H26N2O2/c1-3-20-16-8-7-14(12-17(16)21-4-2)19-11-10-18-9-5-6-15(18)13-19/h7-8,12,15H,3-6,9-11,13H2,1-2H3. The van der Waals surface area contributed by atoms with Crippen molar-refractivity contribution in [1.82, 2.24) is 4.90 Å². The molecule has 2 aliphatic heterocycles. The van der Waals surface area contributed by atoms with Crippen LogP contribution in [0, 0.1) is 0 Å². The minimum atomic E-state index is 0.667. The molecular weight excluding hydrogens is 264 g/mol. The number of nitrogens with zero attached hydrogens (tertiary/aromatic N) is 2. The van der Waals surface area contributed by atoms with Gasteiger partial charge in [0.1, 0.15) is 0 Å². The molecule has 2 aliphatic rings. The van der Waals surface area contributed by atoms with E-state index in [0.29, 0.717) is 13.2 Å². The summed E-state index contributed by atoms with van der Waals surface area (Å²) in [5.41, 5.74) is 1.26. The van der Waals surface area contributed by atoms with Crippen LogP contribution in [-0.2, 0) is 0 Å². The fourth-order valence-electron chi connectivity index (χ4n) is 3.46. The lowest BCUT2D eigenvalue weighted by Gasteiger charge is -2.39. The number of rotatable bonds is 5. The van der Waals surface area contributed by atoms with Crippen molar-refractivity contribution < 1.29 is 9.47 Å². The highest BCUT2D eigenvalue weighted by Gasteiger charge is 2.30. The molecule has 2 heterocycles. The van der Waals surface area contributed by atoms with Crippen LogP contribution in [0.3, 0.4) is 0 Å². The first-order valence-corrected chi connectivity index (χ1v) is 8.20. The van der Waals surface area contributed by atoms with E-state index >= 15 is 0 Å². The van der Waals surface area contributed by atoms with Crippen LogP contribution in [0.25, 0.3) is 0 Å². The third kappa shape index (κ3) is 3.10. The average Bonchev–Trinajstić information content (AvgIpc) is 2.97. The van der Waals surface area contributed by atoms with Gasteiger partial charge in [0.15, 0.2) is 11.5 Å². The monoisotopic (exact) mass is 290 g/mol. The Bertz CT molecular complexity index is 478. The van der Waals surface area contributed by atoms with E-state index < -0.39 is 0 Å². The van der Waals surface area contributed by atoms with Crippen LogP contribution in [0.4, 0.5) is 5.69 Å². The van der Waals surface area contributed by atoms with Gasteiger partial charge in [0.2, 0.25) is 0 Å². The summed E-state index contributed by atoms with van der Waals surface area (Å²) in [6, 6.07) is 7.09. The van der Waals surface area contributed by atoms with Gasteiger partial charge in [-0.3, -0.25) is 4.90 Å². The Morgan fingerprint density at radius 2 is 1.86 bits per heavy atom. The van der Waals surface area contributed by atoms with Gasteiger partial charge in [-0.15, -0.1) is 0 Å². The van der Waals surface area contributed by atoms with Gasteiger partial charge < -0.3 is 14.4 Å². The molecule has 0 N–H and O–H groups in total. The Balaban J connectivity index is 1.76. The third-order valence-electron chi connectivity index (χ3n) is 4.48. The average molecular weight is 290 g/mol. The van der Waals surface area contributed by atoms with Gasteiger partial charge in [0.25, 0.3) is 0 Å². The van der Waals surface area contributed by atoms with Crippen molar-refractivity contribution in [1.29, 1.82) is 0 Å². The van der Waals surface area contributed by atoms with Gasteiger partial charge in [-0.25, -0.2) is 0 Å². The molecule has 3 rings (SSSR count). The SMILES string of the molecule is CCOc1ccc(N2CCN3CCCC3C2)cc1OCC. The fourth-order valence-corrected chi connectivity index (χ4v) is 3.46. The van der Waals surface area contributed by atoms with E-state index in [1.54, 1.807) is 0 Å². The number of ether oxygens (including phenoxy) is 2. The first-order valence-electron chi connectivity index (χ1n) is 8.20. The predicted molar refractivity (Wildman–Crippen MR) is 85.6 cm³/mol. The number of anilines is 1. The molecule has 0 spiro atoms. The van der Waals surface area contributed by atoms with Crippen LogP contribution in [0.2, 0.25) is 0 Å². The Labute approximate surface area is 127 Å². The van der Waals surface area contributed by atoms with Crippen molar-refractivity contribution in [2.24, 2.45) is 0 Å². The maximum absolute atomic E-state index is 5.75. The molecule has 1 atom stereocenters. The van der Waals surface area contributed by atoms with Gasteiger partial charge in [0, 0.05) is 37.4 Å². The molecule has 0 aromatic heterocycles. The van der Waals surface area contributed by atoms with Gasteiger partial charge >= 0.3 is 0 Å². The van der Waals surface area contributed by atoms with Crippen LogP contribution >= 0.6 is 0 Å². The zero-order valence-corrected chi connectivity index (χ0v) is 13.2. The highest BCUT2D eigenvalue weighted by molar-refractivity contribution is 5.57. The van der Waals surface area contributed by atoms with E-state index in [-0.39, 0.29) is 0 Å². The molecule has 1 aromatic carbocycles. The summed E-state index contributed by atoms with van der Waals surface area (Å²) in [7, 11) is 0. The summed E-state index contributed by atoms with van der Waals surface area (Å²) in [5.74, 6) is 1.72. The molecule has 0 saturated carbocycles. The molecule has 21 heavy (non-hydrogen) atoms. The molecule has 1 unspecified atom stereocenters. The maximum atomic E-state index is 5.75. The second-order valence-electron chi connectivity index (χ2n) is 5.78. The molecule has 116 valence electrons. The van der Waals surface area contributed by atoms with Crippen molar-refractivity contribution in [2.45, 2.75) is 32.7 Å². The van der Waals surface area contributed by atoms with Crippen LogP contribution in [-0.4, -0.2) is 50.3 Å². The lowest BCUT2D eigenvalue weighted by atomic mass is 10.1. The number of fused-ring (bicyclic) bond motifs is 1. The molecule has 4 heteroatoms. The van der Waals surface area contributed by atoms with Crippen molar-refractivity contribution >= 4 is 5.69 Å². The minimum absolute atomic E-state index is 0.667. The summed E-state index contributed by atoms with van der Waals surface area (Å²) >= 11 is 0. The first-order chi connectivity index (χ1) is 10.3. The number of piperazine rings is 1. The summed E-state index contributed by atoms with van der Waals surface area (Å²) in [4.78, 5) is 5.12. The fraction of sp³-hybridized carbons (Fsp3) is 0.647. The highest BCUT2D eigenvalue weighted by atomic mass is 16.5. The topological polar surface area (TPSA) is 24.9 Å². The summed E-state index contributed by atoms with van der Waals surface area (Å²) < 4.78 is 11.4. The van der Waals surface area contributed by atoms with E-state index in [1.165, 1.54) is 31.6 Å². The Morgan fingerprint density at radius 1 is 1.05 bits per heavy atom. The highest BCUT2D eigenvalue weighted by Crippen LogP contribution is 2.34. The molecule has 4 nitrogen and oxygen atoms in total. The second-order valence-corrected chi connectivity index (χ2v) is 5.78. The van der Waals surface area contributed by atoms with Crippen LogP contribution in [0.15, 0.2) is 18.2 Å². The van der Waals surface area contributed by atoms with Crippen molar-refractivity contribution in [3.63, 3.8) is 0 Å². The number of benzene rings is 1. The van der Waals surface area contributed by atoms with E-state index in [1.807, 2.05) is 19.9 Å². The van der Waals surface area contributed by atoms with Gasteiger partial charge in [-0.05, 0) is 45.4 Å². The lowest BCUT2D eigenvalue weighted by molar-refractivity contribution is 0.230. The molecule has 0 bridgehead atoms. The minimum Gasteiger partial charge on any atom is -0.490 e. The van der Waals surface area contributed by atoms with Crippen molar-refractivity contribution in [2.75, 3.05) is 44.3 Å². The van der Waals surface area contributed by atoms with Crippen molar-refractivity contribution in [3.05, 3.63) is 18.2 Å². The van der Waals surface area contributed by atoms with E-state index in [2.05, 4.69) is 21.9 Å². The third-order valence-corrected chi connectivity index (χ3v) is 4.48. The van der Waals surface area contributed by atoms with Gasteiger partial charge in [-0.1, -0.05) is 0 Å². The zero-order valence-electron chi connectivity index (χ0n) is 13.2. The van der Waals surface area contributed by atoms with Crippen LogP contribution in [0.1, 0.15) is 26.7 Å². The Morgan fingerprint density at radius 3 is 2.67 bits per heavy atom. The number of hydrogen-bond donors (Lipinski definition) is 0. The number of hydrogen-bond acceptors (Lipinski definition) is 4. The smallest absolute Gasteiger partial charge is 0.163 e. The predicted octanol–water partition coefficient (Wildman–Crippen LogP) is 2.77. The molecule has 0 amide bonds. The van der Waals surface area contributed by atoms with Crippen LogP contribution in [0.5, 0.6) is 11.5 Å². The normalized spacial score (nSPS) is 22.2.